The van der Waals surface area contributed by atoms with Crippen LogP contribution in [0.3, 0.4) is 0 Å². The molecule has 0 saturated heterocycles. The molecule has 2 aliphatic carbocycles. The van der Waals surface area contributed by atoms with Gasteiger partial charge in [0, 0.05) is 18.9 Å². The first-order valence-corrected chi connectivity index (χ1v) is 5.73. The molecule has 0 amide bonds. The molecule has 0 aromatic carbocycles. The fourth-order valence-electron chi connectivity index (χ4n) is 3.02. The van der Waals surface area contributed by atoms with Gasteiger partial charge in [-0.25, -0.2) is 4.79 Å². The molecule has 16 heavy (non-hydrogen) atoms. The summed E-state index contributed by atoms with van der Waals surface area (Å²) >= 11 is 0. The van der Waals surface area contributed by atoms with E-state index in [2.05, 4.69) is 6.58 Å². The topological polar surface area (TPSA) is 46.5 Å². The number of rotatable bonds is 2. The number of hydrogen-bond donors (Lipinski definition) is 1. The maximum atomic E-state index is 11.3. The van der Waals surface area contributed by atoms with E-state index in [-0.39, 0.29) is 5.97 Å². The summed E-state index contributed by atoms with van der Waals surface area (Å²) in [5.74, 6) is -0.390. The van der Waals surface area contributed by atoms with Crippen molar-refractivity contribution in [3.63, 3.8) is 0 Å². The number of esters is 1. The molecule has 88 valence electrons. The predicted octanol–water partition coefficient (Wildman–Crippen LogP) is 2.11. The highest BCUT2D eigenvalue weighted by molar-refractivity contribution is 5.81. The molecule has 3 heteroatoms. The van der Waals surface area contributed by atoms with Crippen LogP contribution in [0.25, 0.3) is 0 Å². The Labute approximate surface area is 95.8 Å². The van der Waals surface area contributed by atoms with Crippen molar-refractivity contribution in [3.8, 4) is 0 Å². The minimum atomic E-state index is -0.852. The summed E-state index contributed by atoms with van der Waals surface area (Å²) in [6.07, 6.45) is 7.23. The van der Waals surface area contributed by atoms with Crippen molar-refractivity contribution in [1.82, 2.24) is 0 Å². The lowest BCUT2D eigenvalue weighted by atomic mass is 9.70. The average Bonchev–Trinajstić information content (AvgIpc) is 2.14. The van der Waals surface area contributed by atoms with Crippen molar-refractivity contribution in [3.05, 3.63) is 24.3 Å². The molecule has 1 saturated carbocycles. The van der Waals surface area contributed by atoms with E-state index in [4.69, 9.17) is 4.74 Å². The third-order valence-electron chi connectivity index (χ3n) is 3.36. The van der Waals surface area contributed by atoms with Crippen LogP contribution in [0.5, 0.6) is 0 Å². The Bertz CT molecular complexity index is 354. The van der Waals surface area contributed by atoms with Gasteiger partial charge in [-0.1, -0.05) is 18.2 Å². The quantitative estimate of drug-likeness (QED) is 0.442. The number of fused-ring (bicyclic) bond motifs is 2. The van der Waals surface area contributed by atoms with Crippen molar-refractivity contribution in [2.24, 2.45) is 0 Å². The zero-order valence-electron chi connectivity index (χ0n) is 9.66. The Kier molecular flexibility index (Phi) is 2.66. The van der Waals surface area contributed by atoms with Gasteiger partial charge in [-0.2, -0.15) is 0 Å². The van der Waals surface area contributed by atoms with Crippen LogP contribution in [0.2, 0.25) is 0 Å². The van der Waals surface area contributed by atoms with Crippen LogP contribution in [0, 0.1) is 0 Å². The van der Waals surface area contributed by atoms with E-state index < -0.39 is 11.2 Å². The largest absolute Gasteiger partial charge is 0.455 e. The van der Waals surface area contributed by atoms with Gasteiger partial charge in [0.25, 0.3) is 0 Å². The SMILES string of the molecule is C=CC(=O)OC12CCCC(=CC(C)(O)C1)C2. The first-order chi connectivity index (χ1) is 7.45. The fraction of sp³-hybridized carbons (Fsp3) is 0.615. The maximum Gasteiger partial charge on any atom is 0.330 e. The molecule has 0 aromatic heterocycles. The van der Waals surface area contributed by atoms with Gasteiger partial charge in [0.1, 0.15) is 5.60 Å². The lowest BCUT2D eigenvalue weighted by Crippen LogP contribution is -2.47. The van der Waals surface area contributed by atoms with E-state index in [1.54, 1.807) is 6.92 Å². The summed E-state index contributed by atoms with van der Waals surface area (Å²) in [6, 6.07) is 0. The smallest absolute Gasteiger partial charge is 0.330 e. The van der Waals surface area contributed by atoms with Crippen molar-refractivity contribution in [2.75, 3.05) is 0 Å². The van der Waals surface area contributed by atoms with E-state index in [1.165, 1.54) is 11.6 Å². The molecule has 2 atom stereocenters. The standard InChI is InChI=1S/C13H18O3/c1-3-11(14)16-13-6-4-5-10(8-13)7-12(2,15)9-13/h3,7,15H,1,4-6,8-9H2,2H3. The molecule has 0 aromatic rings. The second kappa shape index (κ2) is 3.74. The molecule has 2 unspecified atom stereocenters. The molecule has 1 N–H and O–H groups in total. The monoisotopic (exact) mass is 222 g/mol. The van der Waals surface area contributed by atoms with Crippen molar-refractivity contribution in [1.29, 1.82) is 0 Å². The summed E-state index contributed by atoms with van der Waals surface area (Å²) in [7, 11) is 0. The molecule has 2 bridgehead atoms. The summed E-state index contributed by atoms with van der Waals surface area (Å²) in [4.78, 5) is 11.3. The molecule has 0 spiro atoms. The first kappa shape index (κ1) is 11.4. The van der Waals surface area contributed by atoms with Crippen LogP contribution in [-0.2, 0) is 9.53 Å². The van der Waals surface area contributed by atoms with Crippen molar-refractivity contribution >= 4 is 5.97 Å². The summed E-state index contributed by atoms with van der Waals surface area (Å²) in [5.41, 5.74) is -0.147. The summed E-state index contributed by atoms with van der Waals surface area (Å²) in [5, 5.41) is 10.1. The molecule has 2 rings (SSSR count). The van der Waals surface area contributed by atoms with Crippen molar-refractivity contribution in [2.45, 2.75) is 50.2 Å². The Morgan fingerprint density at radius 1 is 1.69 bits per heavy atom. The third-order valence-corrected chi connectivity index (χ3v) is 3.36. The van der Waals surface area contributed by atoms with Crippen LogP contribution in [0.4, 0.5) is 0 Å². The third kappa shape index (κ3) is 2.19. The normalized spacial score (nSPS) is 37.5. The molecular weight excluding hydrogens is 204 g/mol. The van der Waals surface area contributed by atoms with E-state index in [0.717, 1.165) is 25.7 Å². The van der Waals surface area contributed by atoms with Gasteiger partial charge in [0.2, 0.25) is 0 Å². The Balaban J connectivity index is 2.24. The highest BCUT2D eigenvalue weighted by Gasteiger charge is 2.45. The predicted molar refractivity (Wildman–Crippen MR) is 60.8 cm³/mol. The van der Waals surface area contributed by atoms with Gasteiger partial charge in [0.15, 0.2) is 0 Å². The highest BCUT2D eigenvalue weighted by Crippen LogP contribution is 2.45. The second-order valence-electron chi connectivity index (χ2n) is 5.18. The van der Waals surface area contributed by atoms with E-state index in [1.807, 2.05) is 6.08 Å². The second-order valence-corrected chi connectivity index (χ2v) is 5.18. The molecule has 0 aliphatic heterocycles. The number of carbonyl (C=O) groups excluding carboxylic acids is 1. The Morgan fingerprint density at radius 2 is 2.44 bits per heavy atom. The molecule has 3 nitrogen and oxygen atoms in total. The highest BCUT2D eigenvalue weighted by atomic mass is 16.6. The van der Waals surface area contributed by atoms with Crippen molar-refractivity contribution < 1.29 is 14.6 Å². The average molecular weight is 222 g/mol. The van der Waals surface area contributed by atoms with E-state index >= 15 is 0 Å². The van der Waals surface area contributed by atoms with Gasteiger partial charge in [-0.15, -0.1) is 0 Å². The van der Waals surface area contributed by atoms with Gasteiger partial charge in [0.05, 0.1) is 5.60 Å². The molecule has 2 aliphatic rings. The number of hydrogen-bond acceptors (Lipinski definition) is 3. The Morgan fingerprint density at radius 3 is 3.12 bits per heavy atom. The van der Waals surface area contributed by atoms with E-state index in [9.17, 15) is 9.90 Å². The number of ether oxygens (including phenoxy) is 1. The van der Waals surface area contributed by atoms with Crippen LogP contribution in [-0.4, -0.2) is 22.3 Å². The lowest BCUT2D eigenvalue weighted by molar-refractivity contribution is -0.162. The molecule has 0 radical (unpaired) electrons. The van der Waals surface area contributed by atoms with Gasteiger partial charge < -0.3 is 9.84 Å². The molecule has 0 heterocycles. The van der Waals surface area contributed by atoms with Crippen LogP contribution in [0.15, 0.2) is 24.3 Å². The van der Waals surface area contributed by atoms with Gasteiger partial charge in [-0.05, 0) is 26.2 Å². The zero-order chi connectivity index (χ0) is 11.8. The van der Waals surface area contributed by atoms with Gasteiger partial charge in [-0.3, -0.25) is 0 Å². The fourth-order valence-corrected chi connectivity index (χ4v) is 3.02. The van der Waals surface area contributed by atoms with Crippen LogP contribution < -0.4 is 0 Å². The minimum absolute atomic E-state index is 0.390. The minimum Gasteiger partial charge on any atom is -0.455 e. The zero-order valence-corrected chi connectivity index (χ0v) is 9.66. The molecular formula is C13H18O3. The molecule has 1 fully saturated rings. The summed E-state index contributed by atoms with van der Waals surface area (Å²) < 4.78 is 5.48. The Hall–Kier alpha value is -1.09. The van der Waals surface area contributed by atoms with Gasteiger partial charge >= 0.3 is 5.97 Å². The summed E-state index contributed by atoms with van der Waals surface area (Å²) in [6.45, 7) is 5.19. The first-order valence-electron chi connectivity index (χ1n) is 5.73. The number of carbonyl (C=O) groups is 1. The van der Waals surface area contributed by atoms with Crippen LogP contribution in [0.1, 0.15) is 39.0 Å². The lowest BCUT2D eigenvalue weighted by Gasteiger charge is -2.45. The maximum absolute atomic E-state index is 11.3. The van der Waals surface area contributed by atoms with E-state index in [0.29, 0.717) is 6.42 Å². The number of aliphatic hydroxyl groups is 1. The van der Waals surface area contributed by atoms with Crippen LogP contribution >= 0.6 is 0 Å².